The van der Waals surface area contributed by atoms with Crippen LogP contribution in [0, 0.1) is 6.92 Å². The summed E-state index contributed by atoms with van der Waals surface area (Å²) in [5, 5.41) is 10.1. The lowest BCUT2D eigenvalue weighted by Crippen LogP contribution is -2.15. The average molecular weight is 303 g/mol. The molecule has 0 fully saturated rings. The summed E-state index contributed by atoms with van der Waals surface area (Å²) in [4.78, 5) is 14.9. The van der Waals surface area contributed by atoms with Crippen molar-refractivity contribution in [2.75, 3.05) is 19.1 Å². The van der Waals surface area contributed by atoms with Crippen LogP contribution in [0.4, 0.5) is 5.82 Å². The van der Waals surface area contributed by atoms with E-state index in [2.05, 4.69) is 25.7 Å². The summed E-state index contributed by atoms with van der Waals surface area (Å²) in [6, 6.07) is 5.48. The van der Waals surface area contributed by atoms with Crippen molar-refractivity contribution < 1.29 is 9.47 Å². The molecule has 0 aliphatic rings. The quantitative estimate of drug-likeness (QED) is 0.616. The number of hydrogen-bond donors (Lipinski definition) is 2. The number of benzene rings is 1. The zero-order valence-corrected chi connectivity index (χ0v) is 12.6. The molecule has 0 aliphatic heterocycles. The molecule has 0 saturated heterocycles. The van der Waals surface area contributed by atoms with E-state index in [-0.39, 0.29) is 0 Å². The average Bonchev–Trinajstić information content (AvgIpc) is 2.52. The molecule has 0 radical (unpaired) electrons. The molecule has 0 amide bonds. The molecule has 116 valence electrons. The molecule has 1 aromatic carbocycles. The second kappa shape index (κ2) is 7.21. The van der Waals surface area contributed by atoms with Crippen LogP contribution in [0.2, 0.25) is 0 Å². The number of methoxy groups -OCH3 is 1. The first-order chi connectivity index (χ1) is 10.7. The molecule has 2 aromatic rings. The van der Waals surface area contributed by atoms with Gasteiger partial charge in [-0.3, -0.25) is 5.43 Å². The van der Waals surface area contributed by atoms with E-state index >= 15 is 0 Å². The van der Waals surface area contributed by atoms with Crippen molar-refractivity contribution in [3.63, 3.8) is 0 Å². The summed E-state index contributed by atoms with van der Waals surface area (Å²) in [5.41, 5.74) is 3.42. The molecule has 2 rings (SSSR count). The summed E-state index contributed by atoms with van der Waals surface area (Å²) in [5.74, 6) is 1.52. The van der Waals surface area contributed by atoms with Crippen LogP contribution in [0.3, 0.4) is 0 Å². The standard InChI is InChI=1S/C14H17N5O3/c1-4-22-12-10(6-5-7-11(12)21-3)8-15-18-13-9(2)17-19-14(20)16-13/h5-8H,4H2,1-3H3,(H2,16,18,19,20). The second-order valence-electron chi connectivity index (χ2n) is 4.26. The van der Waals surface area contributed by atoms with Gasteiger partial charge in [0.1, 0.15) is 5.69 Å². The Labute approximate surface area is 127 Å². The maximum absolute atomic E-state index is 11.1. The Hall–Kier alpha value is -2.90. The molecule has 0 aliphatic carbocycles. The van der Waals surface area contributed by atoms with E-state index in [0.717, 1.165) is 5.56 Å². The molecule has 0 unspecified atom stereocenters. The van der Waals surface area contributed by atoms with Gasteiger partial charge in [-0.1, -0.05) is 6.07 Å². The normalized spacial score (nSPS) is 10.7. The maximum Gasteiger partial charge on any atom is 0.363 e. The Kier molecular flexibility index (Phi) is 5.07. The zero-order valence-electron chi connectivity index (χ0n) is 12.6. The molecule has 2 N–H and O–H groups in total. The highest BCUT2D eigenvalue weighted by Gasteiger charge is 2.08. The van der Waals surface area contributed by atoms with Gasteiger partial charge in [0.2, 0.25) is 0 Å². The van der Waals surface area contributed by atoms with Gasteiger partial charge in [-0.05, 0) is 26.0 Å². The fourth-order valence-electron chi connectivity index (χ4n) is 1.75. The van der Waals surface area contributed by atoms with Gasteiger partial charge in [0, 0.05) is 5.56 Å². The molecule has 1 heterocycles. The highest BCUT2D eigenvalue weighted by Crippen LogP contribution is 2.29. The molecule has 8 heteroatoms. The number of aromatic amines is 1. The fraction of sp³-hybridized carbons (Fsp3) is 0.286. The van der Waals surface area contributed by atoms with Gasteiger partial charge >= 0.3 is 5.69 Å². The smallest absolute Gasteiger partial charge is 0.363 e. The summed E-state index contributed by atoms with van der Waals surface area (Å²) >= 11 is 0. The van der Waals surface area contributed by atoms with Crippen molar-refractivity contribution in [2.24, 2.45) is 5.10 Å². The van der Waals surface area contributed by atoms with Crippen molar-refractivity contribution in [1.82, 2.24) is 15.2 Å². The van der Waals surface area contributed by atoms with Crippen molar-refractivity contribution in [3.8, 4) is 11.5 Å². The Morgan fingerprint density at radius 2 is 2.27 bits per heavy atom. The SMILES string of the molecule is CCOc1c(C=NNc2nc(=O)[nH]nc2C)cccc1OC. The number of aryl methyl sites for hydroxylation is 1. The molecule has 0 saturated carbocycles. The number of nitrogens with one attached hydrogen (secondary N) is 2. The monoisotopic (exact) mass is 303 g/mol. The van der Waals surface area contributed by atoms with Gasteiger partial charge in [-0.15, -0.1) is 0 Å². The second-order valence-corrected chi connectivity index (χ2v) is 4.26. The number of rotatable bonds is 6. The maximum atomic E-state index is 11.1. The first-order valence-electron chi connectivity index (χ1n) is 6.68. The number of H-pyrrole nitrogens is 1. The summed E-state index contributed by atoms with van der Waals surface area (Å²) in [6.45, 7) is 4.10. The Morgan fingerprint density at radius 1 is 1.45 bits per heavy atom. The molecular weight excluding hydrogens is 286 g/mol. The topological polar surface area (TPSA) is 101 Å². The van der Waals surface area contributed by atoms with E-state index in [1.807, 2.05) is 25.1 Å². The lowest BCUT2D eigenvalue weighted by atomic mass is 10.2. The van der Waals surface area contributed by atoms with Crippen LogP contribution in [0.25, 0.3) is 0 Å². The molecule has 0 bridgehead atoms. The third-order valence-electron chi connectivity index (χ3n) is 2.77. The Balaban J connectivity index is 2.23. The van der Waals surface area contributed by atoms with Gasteiger partial charge in [0.05, 0.1) is 19.9 Å². The lowest BCUT2D eigenvalue weighted by molar-refractivity contribution is 0.310. The van der Waals surface area contributed by atoms with Crippen LogP contribution in [0.15, 0.2) is 28.1 Å². The minimum atomic E-state index is -0.542. The molecule has 22 heavy (non-hydrogen) atoms. The van der Waals surface area contributed by atoms with Gasteiger partial charge in [0.15, 0.2) is 17.3 Å². The first-order valence-corrected chi connectivity index (χ1v) is 6.68. The minimum absolute atomic E-state index is 0.292. The van der Waals surface area contributed by atoms with Crippen molar-refractivity contribution in [2.45, 2.75) is 13.8 Å². The summed E-state index contributed by atoms with van der Waals surface area (Å²) in [6.07, 6.45) is 1.57. The van der Waals surface area contributed by atoms with Crippen LogP contribution >= 0.6 is 0 Å². The third kappa shape index (κ3) is 3.60. The number of hydrogen-bond acceptors (Lipinski definition) is 7. The van der Waals surface area contributed by atoms with E-state index < -0.39 is 5.69 Å². The Morgan fingerprint density at radius 3 is 3.00 bits per heavy atom. The predicted molar refractivity (Wildman–Crippen MR) is 82.8 cm³/mol. The summed E-state index contributed by atoms with van der Waals surface area (Å²) < 4.78 is 10.8. The highest BCUT2D eigenvalue weighted by atomic mass is 16.5. The number of anilines is 1. The highest BCUT2D eigenvalue weighted by molar-refractivity contribution is 5.85. The van der Waals surface area contributed by atoms with Crippen LogP contribution in [-0.4, -0.2) is 35.1 Å². The van der Waals surface area contributed by atoms with E-state index in [1.165, 1.54) is 0 Å². The largest absolute Gasteiger partial charge is 0.493 e. The third-order valence-corrected chi connectivity index (χ3v) is 2.77. The van der Waals surface area contributed by atoms with Gasteiger partial charge in [0.25, 0.3) is 0 Å². The number of aromatic nitrogens is 3. The van der Waals surface area contributed by atoms with Gasteiger partial charge < -0.3 is 9.47 Å². The van der Waals surface area contributed by atoms with E-state index in [9.17, 15) is 4.79 Å². The van der Waals surface area contributed by atoms with Gasteiger partial charge in [-0.2, -0.15) is 15.2 Å². The van der Waals surface area contributed by atoms with E-state index in [4.69, 9.17) is 9.47 Å². The summed E-state index contributed by atoms with van der Waals surface area (Å²) in [7, 11) is 1.58. The number of ether oxygens (including phenoxy) is 2. The van der Waals surface area contributed by atoms with Crippen molar-refractivity contribution in [3.05, 3.63) is 39.9 Å². The first kappa shape index (κ1) is 15.5. The lowest BCUT2D eigenvalue weighted by Gasteiger charge is -2.11. The minimum Gasteiger partial charge on any atom is -0.493 e. The van der Waals surface area contributed by atoms with Crippen LogP contribution < -0.4 is 20.6 Å². The van der Waals surface area contributed by atoms with E-state index in [1.54, 1.807) is 20.2 Å². The number of para-hydroxylation sites is 1. The van der Waals surface area contributed by atoms with Crippen LogP contribution in [0.1, 0.15) is 18.2 Å². The van der Waals surface area contributed by atoms with Crippen LogP contribution in [-0.2, 0) is 0 Å². The molecular formula is C14H17N5O3. The van der Waals surface area contributed by atoms with Crippen molar-refractivity contribution >= 4 is 12.0 Å². The molecule has 8 nitrogen and oxygen atoms in total. The zero-order chi connectivity index (χ0) is 15.9. The Bertz CT molecular complexity index is 727. The number of hydrazone groups is 1. The predicted octanol–water partition coefficient (Wildman–Crippen LogP) is 1.33. The molecule has 0 atom stereocenters. The number of nitrogens with zero attached hydrogens (tertiary/aromatic N) is 3. The van der Waals surface area contributed by atoms with Crippen molar-refractivity contribution in [1.29, 1.82) is 0 Å². The molecule has 1 aromatic heterocycles. The molecule has 0 spiro atoms. The van der Waals surface area contributed by atoms with Crippen LogP contribution in [0.5, 0.6) is 11.5 Å². The van der Waals surface area contributed by atoms with Gasteiger partial charge in [-0.25, -0.2) is 9.89 Å². The van der Waals surface area contributed by atoms with E-state index in [0.29, 0.717) is 29.6 Å². The fourth-order valence-corrected chi connectivity index (χ4v) is 1.75.